The SMILES string of the molecule is CCCCNC(=O)C(C)N(Cc1cccc(OC)c1)C(=O)CN(c1ccc(Cl)cc1)S(=O)(=O)c1ccc(OC)c(OC)c1. The first-order chi connectivity index (χ1) is 20.5. The van der Waals surface area contributed by atoms with Crippen molar-refractivity contribution >= 4 is 39.1 Å². The highest BCUT2D eigenvalue weighted by molar-refractivity contribution is 7.92. The van der Waals surface area contributed by atoms with E-state index in [4.69, 9.17) is 25.8 Å². The van der Waals surface area contributed by atoms with Crippen molar-refractivity contribution in [3.8, 4) is 17.2 Å². The number of rotatable bonds is 15. The summed E-state index contributed by atoms with van der Waals surface area (Å²) in [5.74, 6) is 0.222. The molecule has 3 aromatic rings. The Kier molecular flexibility index (Phi) is 12.1. The molecule has 0 aliphatic rings. The zero-order chi connectivity index (χ0) is 31.6. The molecule has 10 nitrogen and oxygen atoms in total. The lowest BCUT2D eigenvalue weighted by Crippen LogP contribution is -2.51. The van der Waals surface area contributed by atoms with Gasteiger partial charge in [0.1, 0.15) is 18.3 Å². The van der Waals surface area contributed by atoms with E-state index >= 15 is 0 Å². The minimum atomic E-state index is -4.31. The molecule has 1 atom stereocenters. The fourth-order valence-electron chi connectivity index (χ4n) is 4.33. The number of amides is 2. The smallest absolute Gasteiger partial charge is 0.264 e. The number of ether oxygens (including phenoxy) is 3. The van der Waals surface area contributed by atoms with Gasteiger partial charge < -0.3 is 24.4 Å². The molecular formula is C31H38ClN3O7S. The first-order valence-corrected chi connectivity index (χ1v) is 15.6. The van der Waals surface area contributed by atoms with Gasteiger partial charge in [-0.3, -0.25) is 13.9 Å². The number of methoxy groups -OCH3 is 3. The van der Waals surface area contributed by atoms with Crippen LogP contribution in [0.5, 0.6) is 17.2 Å². The number of sulfonamides is 1. The van der Waals surface area contributed by atoms with Crippen LogP contribution in [0.4, 0.5) is 5.69 Å². The highest BCUT2D eigenvalue weighted by Gasteiger charge is 2.33. The Morgan fingerprint density at radius 3 is 2.26 bits per heavy atom. The van der Waals surface area contributed by atoms with Crippen LogP contribution in [-0.2, 0) is 26.2 Å². The largest absolute Gasteiger partial charge is 0.497 e. The second-order valence-corrected chi connectivity index (χ2v) is 12.0. The van der Waals surface area contributed by atoms with Crippen molar-refractivity contribution in [2.75, 3.05) is 38.7 Å². The summed E-state index contributed by atoms with van der Waals surface area (Å²) in [7, 11) is 0.0696. The Morgan fingerprint density at radius 2 is 1.63 bits per heavy atom. The molecular weight excluding hydrogens is 594 g/mol. The lowest BCUT2D eigenvalue weighted by Gasteiger charge is -2.32. The number of carbonyl (C=O) groups is 2. The van der Waals surface area contributed by atoms with Gasteiger partial charge in [0, 0.05) is 24.2 Å². The maximum Gasteiger partial charge on any atom is 0.264 e. The average Bonchev–Trinajstić information content (AvgIpc) is 3.02. The third kappa shape index (κ3) is 8.55. The molecule has 0 saturated heterocycles. The number of nitrogens with one attached hydrogen (secondary N) is 1. The second-order valence-electron chi connectivity index (χ2n) is 9.70. The van der Waals surface area contributed by atoms with E-state index in [-0.39, 0.29) is 28.8 Å². The molecule has 0 aliphatic carbocycles. The van der Waals surface area contributed by atoms with Crippen molar-refractivity contribution in [1.29, 1.82) is 0 Å². The molecule has 1 N–H and O–H groups in total. The minimum Gasteiger partial charge on any atom is -0.497 e. The van der Waals surface area contributed by atoms with E-state index in [9.17, 15) is 18.0 Å². The molecule has 0 aromatic heterocycles. The van der Waals surface area contributed by atoms with Gasteiger partial charge in [-0.15, -0.1) is 0 Å². The molecule has 3 rings (SSSR count). The molecule has 2 amide bonds. The molecule has 0 fully saturated rings. The van der Waals surface area contributed by atoms with Gasteiger partial charge in [0.15, 0.2) is 11.5 Å². The predicted molar refractivity (Wildman–Crippen MR) is 166 cm³/mol. The zero-order valence-electron chi connectivity index (χ0n) is 25.0. The Morgan fingerprint density at radius 1 is 0.930 bits per heavy atom. The Hall–Kier alpha value is -3.96. The molecule has 12 heteroatoms. The first-order valence-electron chi connectivity index (χ1n) is 13.8. The summed E-state index contributed by atoms with van der Waals surface area (Å²) >= 11 is 6.09. The maximum absolute atomic E-state index is 14.1. The highest BCUT2D eigenvalue weighted by Crippen LogP contribution is 2.32. The predicted octanol–water partition coefficient (Wildman–Crippen LogP) is 4.89. The second kappa shape index (κ2) is 15.5. The number of anilines is 1. The summed E-state index contributed by atoms with van der Waals surface area (Å²) in [4.78, 5) is 28.4. The van der Waals surface area contributed by atoms with Crippen molar-refractivity contribution in [3.05, 3.63) is 77.3 Å². The van der Waals surface area contributed by atoms with E-state index in [0.29, 0.717) is 28.6 Å². The summed E-state index contributed by atoms with van der Waals surface area (Å²) in [5.41, 5.74) is 0.926. The van der Waals surface area contributed by atoms with Gasteiger partial charge >= 0.3 is 0 Å². The fraction of sp³-hybridized carbons (Fsp3) is 0.355. The van der Waals surface area contributed by atoms with Gasteiger partial charge in [0.05, 0.1) is 31.9 Å². The number of halogens is 1. The van der Waals surface area contributed by atoms with Gasteiger partial charge in [-0.25, -0.2) is 8.42 Å². The molecule has 0 bridgehead atoms. The lowest BCUT2D eigenvalue weighted by atomic mass is 10.1. The van der Waals surface area contributed by atoms with Crippen LogP contribution in [0.1, 0.15) is 32.3 Å². The van der Waals surface area contributed by atoms with Crippen LogP contribution in [0.25, 0.3) is 0 Å². The van der Waals surface area contributed by atoms with Crippen LogP contribution < -0.4 is 23.8 Å². The van der Waals surface area contributed by atoms with E-state index in [0.717, 1.165) is 17.1 Å². The summed E-state index contributed by atoms with van der Waals surface area (Å²) in [6, 6.07) is 16.5. The molecule has 232 valence electrons. The topological polar surface area (TPSA) is 114 Å². The van der Waals surface area contributed by atoms with Crippen LogP contribution >= 0.6 is 11.6 Å². The molecule has 3 aromatic carbocycles. The van der Waals surface area contributed by atoms with E-state index in [2.05, 4.69) is 5.32 Å². The molecule has 0 aliphatic heterocycles. The minimum absolute atomic E-state index is 0.0449. The quantitative estimate of drug-likeness (QED) is 0.238. The molecule has 43 heavy (non-hydrogen) atoms. The van der Waals surface area contributed by atoms with E-state index < -0.39 is 28.5 Å². The Labute approximate surface area is 258 Å². The van der Waals surface area contributed by atoms with E-state index in [1.54, 1.807) is 25.1 Å². The number of nitrogens with zero attached hydrogens (tertiary/aromatic N) is 2. The van der Waals surface area contributed by atoms with Crippen molar-refractivity contribution in [3.63, 3.8) is 0 Å². The molecule has 0 heterocycles. The van der Waals surface area contributed by atoms with Crippen molar-refractivity contribution < 1.29 is 32.2 Å². The Balaban J connectivity index is 2.05. The van der Waals surface area contributed by atoms with Crippen LogP contribution in [0.15, 0.2) is 71.6 Å². The van der Waals surface area contributed by atoms with Crippen LogP contribution in [0, 0.1) is 0 Å². The van der Waals surface area contributed by atoms with Crippen LogP contribution in [0.2, 0.25) is 5.02 Å². The lowest BCUT2D eigenvalue weighted by molar-refractivity contribution is -0.139. The molecule has 0 spiro atoms. The number of hydrogen-bond donors (Lipinski definition) is 1. The standard InChI is InChI=1S/C31H38ClN3O7S/c1-6-7-17-33-31(37)22(2)34(20-23-9-8-10-26(18-23)40-3)30(36)21-35(25-13-11-24(32)12-14-25)43(38,39)27-15-16-28(41-4)29(19-27)42-5/h8-16,18-19,22H,6-7,17,20-21H2,1-5H3,(H,33,37). The molecule has 0 radical (unpaired) electrons. The van der Waals surface area contributed by atoms with E-state index in [1.165, 1.54) is 68.7 Å². The van der Waals surface area contributed by atoms with E-state index in [1.807, 2.05) is 13.0 Å². The van der Waals surface area contributed by atoms with Crippen molar-refractivity contribution in [2.45, 2.75) is 44.2 Å². The van der Waals surface area contributed by atoms with Gasteiger partial charge in [-0.1, -0.05) is 37.1 Å². The third-order valence-electron chi connectivity index (χ3n) is 6.82. The van der Waals surface area contributed by atoms with Crippen molar-refractivity contribution in [1.82, 2.24) is 10.2 Å². The average molecular weight is 632 g/mol. The van der Waals surface area contributed by atoms with Gasteiger partial charge in [0.2, 0.25) is 11.8 Å². The summed E-state index contributed by atoms with van der Waals surface area (Å²) in [5, 5.41) is 3.27. The van der Waals surface area contributed by atoms with Crippen molar-refractivity contribution in [2.24, 2.45) is 0 Å². The number of carbonyl (C=O) groups excluding carboxylic acids is 2. The summed E-state index contributed by atoms with van der Waals surface area (Å²) in [6.07, 6.45) is 1.68. The van der Waals surface area contributed by atoms with Crippen LogP contribution in [0.3, 0.4) is 0 Å². The van der Waals surface area contributed by atoms with Gasteiger partial charge in [-0.05, 0) is 67.4 Å². The summed E-state index contributed by atoms with van der Waals surface area (Å²) < 4.78 is 45.1. The summed E-state index contributed by atoms with van der Waals surface area (Å²) in [6.45, 7) is 3.55. The van der Waals surface area contributed by atoms with Gasteiger partial charge in [0.25, 0.3) is 10.0 Å². The first kappa shape index (κ1) is 33.5. The molecule has 1 unspecified atom stereocenters. The number of benzene rings is 3. The number of hydrogen-bond acceptors (Lipinski definition) is 7. The van der Waals surface area contributed by atoms with Gasteiger partial charge in [-0.2, -0.15) is 0 Å². The maximum atomic E-state index is 14.1. The monoisotopic (exact) mass is 631 g/mol. The van der Waals surface area contributed by atoms with Crippen LogP contribution in [-0.4, -0.2) is 65.6 Å². The zero-order valence-corrected chi connectivity index (χ0v) is 26.6. The molecule has 0 saturated carbocycles. The highest BCUT2D eigenvalue weighted by atomic mass is 35.5. The number of unbranched alkanes of at least 4 members (excludes halogenated alkanes) is 1. The fourth-order valence-corrected chi connectivity index (χ4v) is 5.88. The normalized spacial score (nSPS) is 11.8. The Bertz CT molecular complexity index is 1500. The third-order valence-corrected chi connectivity index (χ3v) is 8.84.